The molecule has 0 bridgehead atoms. The van der Waals surface area contributed by atoms with E-state index < -0.39 is 17.3 Å². The molecule has 1 N–H and O–H groups in total. The fourth-order valence-electron chi connectivity index (χ4n) is 5.43. The zero-order valence-electron chi connectivity index (χ0n) is 20.2. The molecule has 1 spiro atoms. The van der Waals surface area contributed by atoms with Crippen LogP contribution in [0.1, 0.15) is 48.0 Å². The number of carbonyl (C=O) groups excluding carboxylic acids is 3. The summed E-state index contributed by atoms with van der Waals surface area (Å²) in [7, 11) is 0. The average molecular weight is 516 g/mol. The van der Waals surface area contributed by atoms with Crippen LogP contribution in [0.25, 0.3) is 0 Å². The maximum absolute atomic E-state index is 13.4. The number of piperidine rings is 2. The van der Waals surface area contributed by atoms with E-state index >= 15 is 0 Å². The van der Waals surface area contributed by atoms with E-state index in [1.165, 1.54) is 12.1 Å². The Balaban J connectivity index is 1.21. The van der Waals surface area contributed by atoms with Gasteiger partial charge in [-0.1, -0.05) is 12.1 Å². The Kier molecular flexibility index (Phi) is 6.59. The molecule has 3 aliphatic heterocycles. The summed E-state index contributed by atoms with van der Waals surface area (Å²) >= 11 is 0. The van der Waals surface area contributed by atoms with Crippen LogP contribution in [0, 0.1) is 5.92 Å². The summed E-state index contributed by atoms with van der Waals surface area (Å²) in [6, 6.07) is 11.5. The predicted molar refractivity (Wildman–Crippen MR) is 129 cm³/mol. The monoisotopic (exact) mass is 515 g/mol. The number of hydrogen-bond acceptors (Lipinski definition) is 4. The Morgan fingerprint density at radius 2 is 1.68 bits per heavy atom. The summed E-state index contributed by atoms with van der Waals surface area (Å²) in [6.07, 6.45) is -1.94. The number of anilines is 1. The molecule has 1 atom stereocenters. The minimum Gasteiger partial charge on any atom is -0.484 e. The van der Waals surface area contributed by atoms with Crippen molar-refractivity contribution in [1.29, 1.82) is 0 Å². The van der Waals surface area contributed by atoms with Gasteiger partial charge in [-0.05, 0) is 49.2 Å². The van der Waals surface area contributed by atoms with Crippen LogP contribution >= 0.6 is 0 Å². The number of fused-ring (bicyclic) bond motifs is 1. The second kappa shape index (κ2) is 9.72. The molecule has 10 heteroatoms. The third-order valence-corrected chi connectivity index (χ3v) is 7.47. The number of nitrogens with one attached hydrogen (secondary N) is 1. The molecule has 0 aromatic heterocycles. The van der Waals surface area contributed by atoms with E-state index in [1.54, 1.807) is 15.9 Å². The molecule has 196 valence electrons. The number of amides is 3. The van der Waals surface area contributed by atoms with Gasteiger partial charge in [0.1, 0.15) is 11.4 Å². The van der Waals surface area contributed by atoms with Gasteiger partial charge in [0.15, 0.2) is 0 Å². The van der Waals surface area contributed by atoms with Gasteiger partial charge in [-0.3, -0.25) is 14.4 Å². The Morgan fingerprint density at radius 1 is 0.973 bits per heavy atom. The number of ether oxygens (including phenoxy) is 1. The van der Waals surface area contributed by atoms with Gasteiger partial charge in [0.25, 0.3) is 5.91 Å². The third kappa shape index (κ3) is 5.28. The molecule has 7 nitrogen and oxygen atoms in total. The van der Waals surface area contributed by atoms with Crippen LogP contribution in [0.2, 0.25) is 0 Å². The minimum atomic E-state index is -4.47. The summed E-state index contributed by atoms with van der Waals surface area (Å²) in [5, 5.41) is 2.88. The number of nitrogens with zero attached hydrogens (tertiary/aromatic N) is 2. The molecule has 2 saturated heterocycles. The Hall–Kier alpha value is -3.56. The second-order valence-electron chi connectivity index (χ2n) is 10.00. The van der Waals surface area contributed by atoms with Gasteiger partial charge >= 0.3 is 6.18 Å². The van der Waals surface area contributed by atoms with Crippen LogP contribution in [0.15, 0.2) is 48.5 Å². The van der Waals surface area contributed by atoms with Crippen LogP contribution in [-0.2, 0) is 15.8 Å². The van der Waals surface area contributed by atoms with Crippen LogP contribution in [0.5, 0.6) is 5.75 Å². The van der Waals surface area contributed by atoms with Crippen LogP contribution < -0.4 is 10.1 Å². The Labute approximate surface area is 212 Å². The van der Waals surface area contributed by atoms with Crippen LogP contribution in [0.3, 0.4) is 0 Å². The maximum atomic E-state index is 13.4. The molecule has 1 unspecified atom stereocenters. The maximum Gasteiger partial charge on any atom is 0.416 e. The molecule has 0 aliphatic carbocycles. The number of hydrogen-bond donors (Lipinski definition) is 1. The Morgan fingerprint density at radius 3 is 2.38 bits per heavy atom. The lowest BCUT2D eigenvalue weighted by Gasteiger charge is -2.42. The zero-order chi connectivity index (χ0) is 26.2. The SMILES string of the molecule is O=C1CC2(CCN(C(=O)C3CCCN(C(=O)c4ccc(C(F)(F)F)cc4)C3)CC2)Oc2ccccc2N1. The first-order chi connectivity index (χ1) is 17.6. The van der Waals surface area contributed by atoms with Crippen molar-refractivity contribution < 1.29 is 32.3 Å². The Bertz CT molecular complexity index is 1190. The normalized spacial score (nSPS) is 21.5. The summed E-state index contributed by atoms with van der Waals surface area (Å²) in [4.78, 5) is 42.1. The van der Waals surface area contributed by atoms with E-state index in [0.717, 1.165) is 12.1 Å². The van der Waals surface area contributed by atoms with Crippen molar-refractivity contribution >= 4 is 23.4 Å². The van der Waals surface area contributed by atoms with Crippen molar-refractivity contribution in [3.05, 3.63) is 59.7 Å². The van der Waals surface area contributed by atoms with Crippen molar-refractivity contribution in [2.75, 3.05) is 31.5 Å². The van der Waals surface area contributed by atoms with E-state index in [9.17, 15) is 27.6 Å². The van der Waals surface area contributed by atoms with Gasteiger partial charge in [-0.15, -0.1) is 0 Å². The number of likely N-dealkylation sites (tertiary alicyclic amines) is 2. The number of alkyl halides is 3. The molecule has 3 aliphatic rings. The number of carbonyl (C=O) groups is 3. The number of halogens is 3. The summed E-state index contributed by atoms with van der Waals surface area (Å²) in [5.41, 5.74) is -0.671. The van der Waals surface area contributed by atoms with Gasteiger partial charge in [0, 0.05) is 44.6 Å². The quantitative estimate of drug-likeness (QED) is 0.646. The lowest BCUT2D eigenvalue weighted by atomic mass is 9.86. The molecule has 37 heavy (non-hydrogen) atoms. The van der Waals surface area contributed by atoms with E-state index in [0.29, 0.717) is 56.8 Å². The lowest BCUT2D eigenvalue weighted by molar-refractivity contribution is -0.141. The lowest BCUT2D eigenvalue weighted by Crippen LogP contribution is -2.53. The highest BCUT2D eigenvalue weighted by Gasteiger charge is 2.43. The molecule has 0 radical (unpaired) electrons. The molecule has 2 aromatic carbocycles. The first-order valence-corrected chi connectivity index (χ1v) is 12.5. The molecule has 0 saturated carbocycles. The van der Waals surface area contributed by atoms with Crippen molar-refractivity contribution in [3.63, 3.8) is 0 Å². The highest BCUT2D eigenvalue weighted by molar-refractivity contribution is 5.95. The van der Waals surface area contributed by atoms with Crippen LogP contribution in [-0.4, -0.2) is 59.3 Å². The van der Waals surface area contributed by atoms with E-state index in [1.807, 2.05) is 18.2 Å². The zero-order valence-corrected chi connectivity index (χ0v) is 20.2. The first-order valence-electron chi connectivity index (χ1n) is 12.5. The largest absolute Gasteiger partial charge is 0.484 e. The van der Waals surface area contributed by atoms with Gasteiger partial charge in [-0.25, -0.2) is 0 Å². The minimum absolute atomic E-state index is 0.0433. The molecule has 2 fully saturated rings. The van der Waals surface area contributed by atoms with Crippen molar-refractivity contribution in [2.45, 2.75) is 43.9 Å². The number of benzene rings is 2. The third-order valence-electron chi connectivity index (χ3n) is 7.47. The van der Waals surface area contributed by atoms with Crippen LogP contribution in [0.4, 0.5) is 18.9 Å². The van der Waals surface area contributed by atoms with E-state index in [-0.39, 0.29) is 42.2 Å². The van der Waals surface area contributed by atoms with Gasteiger partial charge in [-0.2, -0.15) is 13.2 Å². The molecule has 3 heterocycles. The molecular formula is C27H28F3N3O4. The van der Waals surface area contributed by atoms with E-state index in [2.05, 4.69) is 5.32 Å². The fourth-order valence-corrected chi connectivity index (χ4v) is 5.43. The van der Waals surface area contributed by atoms with Crippen molar-refractivity contribution in [3.8, 4) is 5.75 Å². The molecule has 3 amide bonds. The summed E-state index contributed by atoms with van der Waals surface area (Å²) in [6.45, 7) is 1.57. The van der Waals surface area contributed by atoms with Crippen molar-refractivity contribution in [2.24, 2.45) is 5.92 Å². The average Bonchev–Trinajstić information content (AvgIpc) is 3.02. The number of para-hydroxylation sites is 2. The molecular weight excluding hydrogens is 487 g/mol. The predicted octanol–water partition coefficient (Wildman–Crippen LogP) is 4.34. The van der Waals surface area contributed by atoms with Crippen molar-refractivity contribution in [1.82, 2.24) is 9.80 Å². The van der Waals surface area contributed by atoms with Gasteiger partial charge < -0.3 is 19.9 Å². The van der Waals surface area contributed by atoms with Gasteiger partial charge in [0.2, 0.25) is 11.8 Å². The highest BCUT2D eigenvalue weighted by Crippen LogP contribution is 2.39. The fraction of sp³-hybridized carbons (Fsp3) is 0.444. The first kappa shape index (κ1) is 25.1. The topological polar surface area (TPSA) is 79.0 Å². The number of rotatable bonds is 2. The molecule has 5 rings (SSSR count). The summed E-state index contributed by atoms with van der Waals surface area (Å²) < 4.78 is 44.9. The highest BCUT2D eigenvalue weighted by atomic mass is 19.4. The smallest absolute Gasteiger partial charge is 0.416 e. The van der Waals surface area contributed by atoms with E-state index in [4.69, 9.17) is 4.74 Å². The second-order valence-corrected chi connectivity index (χ2v) is 10.00. The molecule has 2 aromatic rings. The standard InChI is InChI=1S/C27H28F3N3O4/c28-27(29,30)20-9-7-18(8-10-20)24(35)33-13-3-4-19(17-33)25(36)32-14-11-26(12-15-32)16-23(34)31-21-5-1-2-6-22(21)37-26/h1-2,5-10,19H,3-4,11-17H2,(H,31,34). The summed E-state index contributed by atoms with van der Waals surface area (Å²) in [5.74, 6) is -0.286. The van der Waals surface area contributed by atoms with Gasteiger partial charge in [0.05, 0.1) is 23.6 Å².